The first-order valence-corrected chi connectivity index (χ1v) is 15.6. The molecule has 10 heteroatoms. The Bertz CT molecular complexity index is 1660. The van der Waals surface area contributed by atoms with Gasteiger partial charge in [-0.15, -0.1) is 0 Å². The van der Waals surface area contributed by atoms with E-state index in [1.54, 1.807) is 0 Å². The molecule has 5 rings (SSSR count). The van der Waals surface area contributed by atoms with E-state index in [-0.39, 0.29) is 0 Å². The van der Waals surface area contributed by atoms with Crippen LogP contribution in [0.2, 0.25) is 10.0 Å². The number of rotatable bonds is 10. The average molecular weight is 627 g/mol. The van der Waals surface area contributed by atoms with E-state index in [0.717, 1.165) is 86.1 Å². The van der Waals surface area contributed by atoms with E-state index in [0.29, 0.717) is 49.9 Å². The van der Waals surface area contributed by atoms with E-state index in [1.165, 1.54) is 0 Å². The van der Waals surface area contributed by atoms with Crippen molar-refractivity contribution in [3.8, 4) is 16.9 Å². The van der Waals surface area contributed by atoms with Crippen LogP contribution in [0.3, 0.4) is 0 Å². The first kappa shape index (κ1) is 31.4. The topological polar surface area (TPSA) is 87.5 Å². The number of hydrogen-bond donors (Lipinski definition) is 1. The van der Waals surface area contributed by atoms with Gasteiger partial charge in [0.2, 0.25) is 0 Å². The second-order valence-electron chi connectivity index (χ2n) is 11.6. The molecule has 1 aliphatic rings. The monoisotopic (exact) mass is 625 g/mol. The minimum atomic E-state index is -0.445. The van der Waals surface area contributed by atoms with Crippen LogP contribution < -0.4 is 10.5 Å². The highest BCUT2D eigenvalue weighted by Crippen LogP contribution is 2.43. The van der Waals surface area contributed by atoms with Crippen LogP contribution in [0.5, 0.6) is 5.75 Å². The average Bonchev–Trinajstić information content (AvgIpc) is 3.42. The molecule has 0 spiro atoms. The fourth-order valence-electron chi connectivity index (χ4n) is 6.42. The van der Waals surface area contributed by atoms with Crippen LogP contribution in [0.1, 0.15) is 50.6 Å². The molecule has 230 valence electrons. The number of hydrogen-bond acceptors (Lipinski definition) is 5. The normalized spacial score (nSPS) is 14.1. The van der Waals surface area contributed by atoms with E-state index < -0.39 is 5.91 Å². The van der Waals surface area contributed by atoms with Gasteiger partial charge in [-0.05, 0) is 87.9 Å². The Hall–Kier alpha value is -3.04. The van der Waals surface area contributed by atoms with Crippen molar-refractivity contribution in [3.63, 3.8) is 0 Å². The van der Waals surface area contributed by atoms with Gasteiger partial charge in [-0.3, -0.25) is 14.4 Å². The highest BCUT2D eigenvalue weighted by molar-refractivity contribution is 6.35. The lowest BCUT2D eigenvalue weighted by Gasteiger charge is -2.27. The van der Waals surface area contributed by atoms with Crippen molar-refractivity contribution in [2.75, 3.05) is 39.5 Å². The number of aryl methyl sites for hydroxylation is 6. The lowest BCUT2D eigenvalue weighted by Crippen LogP contribution is -2.38. The van der Waals surface area contributed by atoms with E-state index in [4.69, 9.17) is 38.4 Å². The first-order chi connectivity index (χ1) is 20.5. The Morgan fingerprint density at radius 3 is 2.28 bits per heavy atom. The molecule has 4 aromatic rings. The van der Waals surface area contributed by atoms with Crippen LogP contribution >= 0.6 is 23.2 Å². The Balaban J connectivity index is 1.60. The number of fused-ring (bicyclic) bond motifs is 1. The van der Waals surface area contributed by atoms with Crippen LogP contribution in [0.25, 0.3) is 22.0 Å². The largest absolute Gasteiger partial charge is 0.494 e. The molecule has 2 aromatic heterocycles. The van der Waals surface area contributed by atoms with Crippen LogP contribution in [-0.4, -0.2) is 64.6 Å². The summed E-state index contributed by atoms with van der Waals surface area (Å²) in [6, 6.07) is 5.92. The summed E-state index contributed by atoms with van der Waals surface area (Å²) >= 11 is 13.4. The molecular weight excluding hydrogens is 585 g/mol. The molecule has 1 aliphatic heterocycles. The third kappa shape index (κ3) is 6.16. The maximum atomic E-state index is 13.3. The van der Waals surface area contributed by atoms with E-state index in [1.807, 2.05) is 57.6 Å². The van der Waals surface area contributed by atoms with Gasteiger partial charge >= 0.3 is 0 Å². The van der Waals surface area contributed by atoms with Gasteiger partial charge in [-0.1, -0.05) is 23.2 Å². The van der Waals surface area contributed by atoms with Crippen LogP contribution in [0.4, 0.5) is 0 Å². The number of aromatic nitrogens is 3. The van der Waals surface area contributed by atoms with E-state index in [2.05, 4.69) is 21.5 Å². The summed E-state index contributed by atoms with van der Waals surface area (Å²) in [6.07, 6.45) is 1.32. The number of carbonyl (C=O) groups is 1. The summed E-state index contributed by atoms with van der Waals surface area (Å²) in [5.41, 5.74) is 15.3. The SMILES string of the molecule is Cc1cc(OCCCc2c(C(N)=O)n(CCN3CCOCC3)c3c(-c4c(C)nn(C)c4C)c(Cl)cc(C)c23)cc(C)c1Cl. The Morgan fingerprint density at radius 2 is 1.67 bits per heavy atom. The van der Waals surface area contributed by atoms with Crippen molar-refractivity contribution in [1.82, 2.24) is 19.2 Å². The van der Waals surface area contributed by atoms with Gasteiger partial charge in [-0.25, -0.2) is 0 Å². The van der Waals surface area contributed by atoms with E-state index >= 15 is 0 Å². The molecule has 0 unspecified atom stereocenters. The standard InChI is InChI=1S/C33H41Cl2N5O3/c1-19-18-26(34)29(28-22(4)37-38(6)23(28)5)32-27(19)25(8-7-13-43-24-16-20(2)30(35)21(3)17-24)31(33(36)41)40(32)10-9-39-11-14-42-15-12-39/h16-18H,7-15H2,1-6H3,(H2,36,41). The summed E-state index contributed by atoms with van der Waals surface area (Å²) in [6.45, 7) is 15.0. The van der Waals surface area contributed by atoms with Crippen LogP contribution in [0, 0.1) is 34.6 Å². The molecule has 0 atom stereocenters. The number of carbonyl (C=O) groups excluding carboxylic acids is 1. The van der Waals surface area contributed by atoms with Crippen molar-refractivity contribution in [2.24, 2.45) is 12.8 Å². The lowest BCUT2D eigenvalue weighted by atomic mass is 9.95. The molecule has 3 heterocycles. The summed E-state index contributed by atoms with van der Waals surface area (Å²) in [5, 5.41) is 7.10. The highest BCUT2D eigenvalue weighted by atomic mass is 35.5. The Morgan fingerprint density at radius 1 is 1.00 bits per heavy atom. The van der Waals surface area contributed by atoms with Crippen LogP contribution in [-0.2, 0) is 24.8 Å². The van der Waals surface area contributed by atoms with Crippen molar-refractivity contribution in [3.05, 3.63) is 67.6 Å². The number of morpholine rings is 1. The predicted octanol–water partition coefficient (Wildman–Crippen LogP) is 6.33. The van der Waals surface area contributed by atoms with Crippen molar-refractivity contribution >= 4 is 40.0 Å². The maximum absolute atomic E-state index is 13.3. The number of nitrogens with two attached hydrogens (primary N) is 1. The molecule has 0 radical (unpaired) electrons. The molecule has 2 N–H and O–H groups in total. The van der Waals surface area contributed by atoms with Crippen molar-refractivity contribution in [2.45, 2.75) is 54.0 Å². The zero-order valence-corrected chi connectivity index (χ0v) is 27.5. The Labute approximate surface area is 263 Å². The van der Waals surface area contributed by atoms with Crippen molar-refractivity contribution in [1.29, 1.82) is 0 Å². The van der Waals surface area contributed by atoms with Gasteiger partial charge in [0.1, 0.15) is 11.4 Å². The summed E-state index contributed by atoms with van der Waals surface area (Å²) < 4.78 is 15.7. The first-order valence-electron chi connectivity index (χ1n) is 14.8. The number of primary amides is 1. The summed E-state index contributed by atoms with van der Waals surface area (Å²) in [4.78, 5) is 15.6. The predicted molar refractivity (Wildman–Crippen MR) is 174 cm³/mol. The zero-order valence-electron chi connectivity index (χ0n) is 25.9. The third-order valence-electron chi connectivity index (χ3n) is 8.56. The van der Waals surface area contributed by atoms with Gasteiger partial charge in [0.15, 0.2) is 0 Å². The molecule has 0 bridgehead atoms. The van der Waals surface area contributed by atoms with E-state index in [9.17, 15) is 4.79 Å². The highest BCUT2D eigenvalue weighted by Gasteiger charge is 2.28. The quantitative estimate of drug-likeness (QED) is 0.208. The maximum Gasteiger partial charge on any atom is 0.265 e. The van der Waals surface area contributed by atoms with Gasteiger partial charge < -0.3 is 19.8 Å². The molecule has 1 amide bonds. The lowest BCUT2D eigenvalue weighted by molar-refractivity contribution is 0.0364. The number of nitrogens with zero attached hydrogens (tertiary/aromatic N) is 4. The molecule has 0 saturated carbocycles. The van der Waals surface area contributed by atoms with Crippen LogP contribution in [0.15, 0.2) is 18.2 Å². The molecule has 1 saturated heterocycles. The Kier molecular flexibility index (Phi) is 9.42. The fourth-order valence-corrected chi connectivity index (χ4v) is 6.88. The number of benzene rings is 2. The fraction of sp³-hybridized carbons (Fsp3) is 0.455. The second kappa shape index (κ2) is 12.9. The molecule has 2 aromatic carbocycles. The second-order valence-corrected chi connectivity index (χ2v) is 12.3. The third-order valence-corrected chi connectivity index (χ3v) is 9.46. The summed E-state index contributed by atoms with van der Waals surface area (Å²) in [5.74, 6) is 0.342. The zero-order chi connectivity index (χ0) is 31.0. The minimum Gasteiger partial charge on any atom is -0.494 e. The van der Waals surface area contributed by atoms with Gasteiger partial charge in [0.05, 0.1) is 36.1 Å². The molecule has 8 nitrogen and oxygen atoms in total. The molecular formula is C33H41Cl2N5O3. The van der Waals surface area contributed by atoms with Gasteiger partial charge in [0, 0.05) is 60.5 Å². The molecule has 0 aliphatic carbocycles. The summed E-state index contributed by atoms with van der Waals surface area (Å²) in [7, 11) is 1.94. The van der Waals surface area contributed by atoms with Crippen molar-refractivity contribution < 1.29 is 14.3 Å². The molecule has 43 heavy (non-hydrogen) atoms. The number of halogens is 2. The molecule has 1 fully saturated rings. The number of ether oxygens (including phenoxy) is 2. The number of amides is 1. The van der Waals surface area contributed by atoms with Gasteiger partial charge in [0.25, 0.3) is 5.91 Å². The van der Waals surface area contributed by atoms with Gasteiger partial charge in [-0.2, -0.15) is 5.10 Å². The minimum absolute atomic E-state index is 0.445. The smallest absolute Gasteiger partial charge is 0.265 e.